The molecule has 0 bridgehead atoms. The minimum atomic E-state index is 0.00291. The van der Waals surface area contributed by atoms with Gasteiger partial charge in [-0.2, -0.15) is 15.3 Å². The number of aliphatic hydroxyl groups excluding tert-OH is 1. The number of ether oxygens (including phenoxy) is 1. The Balaban J connectivity index is 2.03. The molecule has 0 saturated carbocycles. The Kier molecular flexibility index (Phi) is 6.06. The zero-order valence-corrected chi connectivity index (χ0v) is 16.3. The molecule has 8 nitrogen and oxygen atoms in total. The molecule has 0 aliphatic carbocycles. The second-order valence-corrected chi connectivity index (χ2v) is 6.20. The Morgan fingerprint density at radius 3 is 2.61 bits per heavy atom. The number of aryl methyl sites for hydroxylation is 2. The second kappa shape index (κ2) is 8.67. The summed E-state index contributed by atoms with van der Waals surface area (Å²) in [5, 5.41) is 27.2. The van der Waals surface area contributed by atoms with Crippen molar-refractivity contribution < 1.29 is 14.4 Å². The van der Waals surface area contributed by atoms with Crippen molar-refractivity contribution in [3.63, 3.8) is 0 Å². The maximum absolute atomic E-state index is 9.41. The van der Waals surface area contributed by atoms with Crippen LogP contribution in [0.15, 0.2) is 22.7 Å². The number of benzene rings is 1. The summed E-state index contributed by atoms with van der Waals surface area (Å²) >= 11 is 0. The molecule has 0 aliphatic heterocycles. The van der Waals surface area contributed by atoms with E-state index in [0.29, 0.717) is 60.1 Å². The summed E-state index contributed by atoms with van der Waals surface area (Å²) in [6, 6.07) is 7.31. The standard InChI is InChI=1S/C20H23N5O3/c1-4-16-19(17(5-2)25(23-16)7-8-26)27-15-10-13(12-21)9-14(11-15)20-22-18(6-3)28-24-20/h9-11,26H,4-8H2,1-3H3. The molecule has 2 heterocycles. The number of aliphatic hydroxyl groups is 1. The summed E-state index contributed by atoms with van der Waals surface area (Å²) in [4.78, 5) is 4.33. The summed E-state index contributed by atoms with van der Waals surface area (Å²) in [6.45, 7) is 6.36. The summed E-state index contributed by atoms with van der Waals surface area (Å²) in [7, 11) is 0. The highest BCUT2D eigenvalue weighted by atomic mass is 16.5. The van der Waals surface area contributed by atoms with Gasteiger partial charge in [-0.05, 0) is 31.0 Å². The maximum atomic E-state index is 9.41. The van der Waals surface area contributed by atoms with Crippen LogP contribution in [0.4, 0.5) is 0 Å². The highest BCUT2D eigenvalue weighted by molar-refractivity contribution is 5.61. The Morgan fingerprint density at radius 1 is 1.18 bits per heavy atom. The van der Waals surface area contributed by atoms with Crippen LogP contribution in [0.3, 0.4) is 0 Å². The lowest BCUT2D eigenvalue weighted by Crippen LogP contribution is -2.08. The van der Waals surface area contributed by atoms with E-state index in [0.717, 1.165) is 11.4 Å². The number of nitrogens with zero attached hydrogens (tertiary/aromatic N) is 5. The molecule has 3 aromatic rings. The highest BCUT2D eigenvalue weighted by Gasteiger charge is 2.19. The maximum Gasteiger partial charge on any atom is 0.226 e. The first-order chi connectivity index (χ1) is 13.6. The molecule has 146 valence electrons. The lowest BCUT2D eigenvalue weighted by Gasteiger charge is -2.10. The summed E-state index contributed by atoms with van der Waals surface area (Å²) in [6.07, 6.45) is 2.03. The van der Waals surface area contributed by atoms with Crippen LogP contribution in [0, 0.1) is 11.3 Å². The van der Waals surface area contributed by atoms with E-state index >= 15 is 0 Å². The molecule has 28 heavy (non-hydrogen) atoms. The lowest BCUT2D eigenvalue weighted by atomic mass is 10.1. The van der Waals surface area contributed by atoms with Crippen molar-refractivity contribution in [3.05, 3.63) is 41.0 Å². The van der Waals surface area contributed by atoms with Gasteiger partial charge in [-0.3, -0.25) is 4.68 Å². The van der Waals surface area contributed by atoms with Crippen LogP contribution in [0.2, 0.25) is 0 Å². The van der Waals surface area contributed by atoms with E-state index in [-0.39, 0.29) is 6.61 Å². The van der Waals surface area contributed by atoms with E-state index in [9.17, 15) is 10.4 Å². The van der Waals surface area contributed by atoms with Gasteiger partial charge in [0.05, 0.1) is 30.5 Å². The number of aromatic nitrogens is 4. The smallest absolute Gasteiger partial charge is 0.226 e. The van der Waals surface area contributed by atoms with Gasteiger partial charge in [-0.15, -0.1) is 0 Å². The van der Waals surface area contributed by atoms with Gasteiger partial charge < -0.3 is 14.4 Å². The SMILES string of the molecule is CCc1nc(-c2cc(C#N)cc(Oc3c(CC)nn(CCO)c3CC)c2)no1. The molecule has 0 saturated heterocycles. The molecule has 8 heteroatoms. The van der Waals surface area contributed by atoms with Crippen molar-refractivity contribution in [3.8, 4) is 29.0 Å². The molecule has 0 radical (unpaired) electrons. The monoisotopic (exact) mass is 381 g/mol. The van der Waals surface area contributed by atoms with Crippen LogP contribution in [0.1, 0.15) is 43.6 Å². The number of nitriles is 1. The lowest BCUT2D eigenvalue weighted by molar-refractivity contribution is 0.267. The summed E-state index contributed by atoms with van der Waals surface area (Å²) in [5.41, 5.74) is 2.80. The van der Waals surface area contributed by atoms with Crippen LogP contribution < -0.4 is 4.74 Å². The quantitative estimate of drug-likeness (QED) is 0.637. The first-order valence-electron chi connectivity index (χ1n) is 9.38. The fourth-order valence-electron chi connectivity index (χ4n) is 2.99. The first kappa shape index (κ1) is 19.6. The predicted octanol–water partition coefficient (Wildman–Crippen LogP) is 3.28. The molecular formula is C20H23N5O3. The van der Waals surface area contributed by atoms with Crippen molar-refractivity contribution in [1.29, 1.82) is 5.26 Å². The third-order valence-corrected chi connectivity index (χ3v) is 4.34. The topological polar surface area (TPSA) is 110 Å². The second-order valence-electron chi connectivity index (χ2n) is 6.20. The normalized spacial score (nSPS) is 10.8. The molecule has 2 aromatic heterocycles. The first-order valence-corrected chi connectivity index (χ1v) is 9.38. The third kappa shape index (κ3) is 3.89. The Labute approximate surface area is 163 Å². The van der Waals surface area contributed by atoms with E-state index in [1.807, 2.05) is 20.8 Å². The van der Waals surface area contributed by atoms with E-state index in [4.69, 9.17) is 9.26 Å². The average Bonchev–Trinajstić information content (AvgIpc) is 3.32. The molecule has 0 aliphatic rings. The molecule has 0 unspecified atom stereocenters. The highest BCUT2D eigenvalue weighted by Crippen LogP contribution is 2.33. The molecule has 1 N–H and O–H groups in total. The third-order valence-electron chi connectivity index (χ3n) is 4.34. The van der Waals surface area contributed by atoms with Crippen molar-refractivity contribution in [1.82, 2.24) is 19.9 Å². The average molecular weight is 381 g/mol. The van der Waals surface area contributed by atoms with E-state index in [1.165, 1.54) is 0 Å². The molecular weight excluding hydrogens is 358 g/mol. The van der Waals surface area contributed by atoms with Crippen molar-refractivity contribution in [2.75, 3.05) is 6.61 Å². The van der Waals surface area contributed by atoms with Crippen LogP contribution in [-0.2, 0) is 25.8 Å². The van der Waals surface area contributed by atoms with Gasteiger partial charge in [0.1, 0.15) is 11.4 Å². The van der Waals surface area contributed by atoms with Gasteiger partial charge in [0.25, 0.3) is 0 Å². The summed E-state index contributed by atoms with van der Waals surface area (Å²) < 4.78 is 13.1. The Morgan fingerprint density at radius 2 is 2.00 bits per heavy atom. The molecule has 0 atom stereocenters. The number of hydrogen-bond donors (Lipinski definition) is 1. The fraction of sp³-hybridized carbons (Fsp3) is 0.400. The number of hydrogen-bond acceptors (Lipinski definition) is 7. The number of rotatable bonds is 8. The van der Waals surface area contributed by atoms with Crippen LogP contribution in [0.25, 0.3) is 11.4 Å². The molecule has 0 fully saturated rings. The van der Waals surface area contributed by atoms with Crippen molar-refractivity contribution >= 4 is 0 Å². The van der Waals surface area contributed by atoms with Crippen LogP contribution >= 0.6 is 0 Å². The zero-order valence-electron chi connectivity index (χ0n) is 16.3. The van der Waals surface area contributed by atoms with E-state index in [1.54, 1.807) is 22.9 Å². The zero-order chi connectivity index (χ0) is 20.1. The van der Waals surface area contributed by atoms with Gasteiger partial charge in [0.15, 0.2) is 5.75 Å². The molecule has 1 aromatic carbocycles. The Hall–Kier alpha value is -3.18. The van der Waals surface area contributed by atoms with Crippen molar-refractivity contribution in [2.24, 2.45) is 0 Å². The molecule has 0 amide bonds. The largest absolute Gasteiger partial charge is 0.453 e. The van der Waals surface area contributed by atoms with Gasteiger partial charge in [-0.1, -0.05) is 25.9 Å². The van der Waals surface area contributed by atoms with Crippen LogP contribution in [0.5, 0.6) is 11.5 Å². The van der Waals surface area contributed by atoms with Crippen LogP contribution in [-0.4, -0.2) is 31.6 Å². The minimum absolute atomic E-state index is 0.00291. The van der Waals surface area contributed by atoms with Gasteiger partial charge in [0.2, 0.25) is 11.7 Å². The van der Waals surface area contributed by atoms with E-state index in [2.05, 4.69) is 21.3 Å². The molecule has 3 rings (SSSR count). The van der Waals surface area contributed by atoms with Crippen molar-refractivity contribution in [2.45, 2.75) is 46.6 Å². The predicted molar refractivity (Wildman–Crippen MR) is 102 cm³/mol. The van der Waals surface area contributed by atoms with Gasteiger partial charge in [-0.25, -0.2) is 0 Å². The minimum Gasteiger partial charge on any atom is -0.453 e. The summed E-state index contributed by atoms with van der Waals surface area (Å²) in [5.74, 6) is 2.12. The van der Waals surface area contributed by atoms with E-state index < -0.39 is 0 Å². The fourth-order valence-corrected chi connectivity index (χ4v) is 2.99. The molecule has 0 spiro atoms. The van der Waals surface area contributed by atoms with Gasteiger partial charge in [0, 0.05) is 12.0 Å². The van der Waals surface area contributed by atoms with Gasteiger partial charge >= 0.3 is 0 Å². The Bertz CT molecular complexity index is 1000.